The lowest BCUT2D eigenvalue weighted by molar-refractivity contribution is -0.384. The summed E-state index contributed by atoms with van der Waals surface area (Å²) in [7, 11) is 0. The van der Waals surface area contributed by atoms with Gasteiger partial charge in [0.15, 0.2) is 5.78 Å². The molecule has 1 aliphatic carbocycles. The number of nitrogens with one attached hydrogen (secondary N) is 2. The summed E-state index contributed by atoms with van der Waals surface area (Å²) in [6, 6.07) is 10.1. The van der Waals surface area contributed by atoms with Crippen LogP contribution < -0.4 is 10.6 Å². The summed E-state index contributed by atoms with van der Waals surface area (Å²) in [5, 5.41) is 17.6. The van der Waals surface area contributed by atoms with Crippen LogP contribution in [0.15, 0.2) is 53.7 Å². The van der Waals surface area contributed by atoms with E-state index in [0.29, 0.717) is 41.1 Å². The Morgan fingerprint density at radius 2 is 1.89 bits per heavy atom. The molecular formula is C21H20FN3O3. The summed E-state index contributed by atoms with van der Waals surface area (Å²) >= 11 is 0. The van der Waals surface area contributed by atoms with E-state index in [1.54, 1.807) is 24.3 Å². The van der Waals surface area contributed by atoms with E-state index >= 15 is 0 Å². The molecule has 28 heavy (non-hydrogen) atoms. The molecule has 1 unspecified atom stereocenters. The van der Waals surface area contributed by atoms with Gasteiger partial charge in [-0.3, -0.25) is 14.9 Å². The molecule has 2 aromatic carbocycles. The fourth-order valence-electron chi connectivity index (χ4n) is 3.99. The molecule has 6 nitrogen and oxygen atoms in total. The lowest BCUT2D eigenvalue weighted by Gasteiger charge is -2.34. The molecule has 4 rings (SSSR count). The van der Waals surface area contributed by atoms with Crippen LogP contribution in [0.2, 0.25) is 0 Å². The van der Waals surface area contributed by atoms with E-state index in [9.17, 15) is 19.3 Å². The Morgan fingerprint density at radius 3 is 2.61 bits per heavy atom. The van der Waals surface area contributed by atoms with Crippen molar-refractivity contribution in [2.24, 2.45) is 5.41 Å². The number of nitrogens with zero attached hydrogens (tertiary/aromatic N) is 1. The van der Waals surface area contributed by atoms with Crippen LogP contribution in [0.25, 0.3) is 0 Å². The number of carbonyl (C=O) groups is 1. The third-order valence-electron chi connectivity index (χ3n) is 5.22. The molecule has 144 valence electrons. The fourth-order valence-corrected chi connectivity index (χ4v) is 3.99. The number of allylic oxidation sites excluding steroid dienone is 1. The average molecular weight is 381 g/mol. The highest BCUT2D eigenvalue weighted by Gasteiger charge is 2.39. The van der Waals surface area contributed by atoms with Crippen molar-refractivity contribution in [3.63, 3.8) is 0 Å². The van der Waals surface area contributed by atoms with Crippen molar-refractivity contribution in [1.29, 1.82) is 0 Å². The van der Waals surface area contributed by atoms with Gasteiger partial charge in [0, 0.05) is 35.4 Å². The molecule has 0 spiro atoms. The highest BCUT2D eigenvalue weighted by atomic mass is 19.1. The predicted molar refractivity (Wildman–Crippen MR) is 105 cm³/mol. The smallest absolute Gasteiger partial charge is 0.271 e. The Kier molecular flexibility index (Phi) is 4.18. The van der Waals surface area contributed by atoms with Crippen LogP contribution in [0.5, 0.6) is 0 Å². The molecule has 0 fully saturated rings. The van der Waals surface area contributed by atoms with E-state index in [1.807, 2.05) is 13.8 Å². The van der Waals surface area contributed by atoms with Crippen LogP contribution in [0, 0.1) is 21.3 Å². The minimum absolute atomic E-state index is 0.0539. The number of non-ortho nitro benzene ring substituents is 1. The highest BCUT2D eigenvalue weighted by molar-refractivity contribution is 6.01. The van der Waals surface area contributed by atoms with Crippen molar-refractivity contribution in [2.75, 3.05) is 10.6 Å². The van der Waals surface area contributed by atoms with Gasteiger partial charge in [-0.1, -0.05) is 32.0 Å². The van der Waals surface area contributed by atoms with Gasteiger partial charge in [0.1, 0.15) is 5.82 Å². The number of fused-ring (bicyclic) bond motifs is 1. The van der Waals surface area contributed by atoms with E-state index in [1.165, 1.54) is 18.2 Å². The third-order valence-corrected chi connectivity index (χ3v) is 5.22. The van der Waals surface area contributed by atoms with Crippen molar-refractivity contribution in [3.05, 3.63) is 75.2 Å². The van der Waals surface area contributed by atoms with Crippen molar-refractivity contribution in [1.82, 2.24) is 0 Å². The zero-order valence-corrected chi connectivity index (χ0v) is 15.6. The molecule has 0 saturated carbocycles. The number of hydrogen-bond acceptors (Lipinski definition) is 5. The number of rotatable bonds is 2. The van der Waals surface area contributed by atoms with Crippen molar-refractivity contribution < 1.29 is 14.1 Å². The summed E-state index contributed by atoms with van der Waals surface area (Å²) in [4.78, 5) is 23.8. The lowest BCUT2D eigenvalue weighted by Crippen LogP contribution is -2.31. The number of Topliss-reactive ketones (excluding diaryl/α,β-unsaturated/α-hetero) is 1. The first-order valence-corrected chi connectivity index (χ1v) is 9.08. The summed E-state index contributed by atoms with van der Waals surface area (Å²) < 4.78 is 14.6. The van der Waals surface area contributed by atoms with Gasteiger partial charge in [-0.25, -0.2) is 4.39 Å². The molecule has 0 saturated heterocycles. The van der Waals surface area contributed by atoms with Gasteiger partial charge in [0.25, 0.3) is 5.69 Å². The summed E-state index contributed by atoms with van der Waals surface area (Å²) in [5.74, 6) is -0.461. The van der Waals surface area contributed by atoms with E-state index in [4.69, 9.17) is 0 Å². The van der Waals surface area contributed by atoms with Crippen LogP contribution in [0.4, 0.5) is 21.5 Å². The molecule has 2 aliphatic rings. The van der Waals surface area contributed by atoms with Crippen molar-refractivity contribution in [2.45, 2.75) is 32.7 Å². The standard InChI is InChI=1S/C21H20FN3O3/c1-21(2)10-17-19(18(26)11-21)20(13-5-3-4-6-14(13)22)24-15-8-7-12(25(27)28)9-16(15)23-17/h3-9,20,23-24H,10-11H2,1-2H3. The number of carbonyl (C=O) groups excluding carboxylic acids is 1. The second-order valence-electron chi connectivity index (χ2n) is 8.04. The number of anilines is 2. The summed E-state index contributed by atoms with van der Waals surface area (Å²) in [5.41, 5.74) is 2.32. The number of halogens is 1. The lowest BCUT2D eigenvalue weighted by atomic mass is 9.73. The zero-order valence-electron chi connectivity index (χ0n) is 15.6. The van der Waals surface area contributed by atoms with Gasteiger partial charge in [-0.2, -0.15) is 0 Å². The number of benzene rings is 2. The van der Waals surface area contributed by atoms with Gasteiger partial charge in [0.2, 0.25) is 0 Å². The van der Waals surface area contributed by atoms with Crippen molar-refractivity contribution >= 4 is 22.8 Å². The fraction of sp³-hybridized carbons (Fsp3) is 0.286. The highest BCUT2D eigenvalue weighted by Crippen LogP contribution is 2.46. The molecule has 0 aromatic heterocycles. The molecule has 2 N–H and O–H groups in total. The molecule has 2 aromatic rings. The van der Waals surface area contributed by atoms with Crippen LogP contribution in [-0.4, -0.2) is 10.7 Å². The maximum absolute atomic E-state index is 14.6. The molecule has 0 amide bonds. The first kappa shape index (κ1) is 18.2. The first-order chi connectivity index (χ1) is 13.2. The molecule has 1 aliphatic heterocycles. The van der Waals surface area contributed by atoms with E-state index in [2.05, 4.69) is 10.6 Å². The number of nitro benzene ring substituents is 1. The van der Waals surface area contributed by atoms with Gasteiger partial charge in [0.05, 0.1) is 22.3 Å². The predicted octanol–water partition coefficient (Wildman–Crippen LogP) is 4.96. The Morgan fingerprint density at radius 1 is 1.14 bits per heavy atom. The third kappa shape index (κ3) is 3.13. The monoisotopic (exact) mass is 381 g/mol. The second-order valence-corrected chi connectivity index (χ2v) is 8.04. The summed E-state index contributed by atoms with van der Waals surface area (Å²) in [6.45, 7) is 4.00. The SMILES string of the molecule is CC1(C)CC(=O)C2=C(C1)Nc1cc([N+](=O)[O-])ccc1NC2c1ccccc1F. The molecule has 7 heteroatoms. The molecule has 0 bridgehead atoms. The molecule has 0 radical (unpaired) electrons. The molecule has 1 atom stereocenters. The van der Waals surface area contributed by atoms with E-state index < -0.39 is 16.8 Å². The van der Waals surface area contributed by atoms with Gasteiger partial charge in [-0.15, -0.1) is 0 Å². The second kappa shape index (κ2) is 6.44. The average Bonchev–Trinajstić information content (AvgIpc) is 2.76. The number of nitro groups is 1. The first-order valence-electron chi connectivity index (χ1n) is 9.08. The van der Waals surface area contributed by atoms with Crippen molar-refractivity contribution in [3.8, 4) is 0 Å². The number of ketones is 1. The minimum atomic E-state index is -0.671. The normalized spacial score (nSPS) is 20.4. The quantitative estimate of drug-likeness (QED) is 0.568. The van der Waals surface area contributed by atoms with Gasteiger partial charge in [-0.05, 0) is 24.0 Å². The Hall–Kier alpha value is -3.22. The maximum atomic E-state index is 14.6. The van der Waals surface area contributed by atoms with E-state index in [-0.39, 0.29) is 16.9 Å². The van der Waals surface area contributed by atoms with Gasteiger partial charge >= 0.3 is 0 Å². The minimum Gasteiger partial charge on any atom is -0.372 e. The van der Waals surface area contributed by atoms with Crippen LogP contribution >= 0.6 is 0 Å². The number of hydrogen-bond donors (Lipinski definition) is 2. The van der Waals surface area contributed by atoms with Gasteiger partial charge < -0.3 is 10.6 Å². The largest absolute Gasteiger partial charge is 0.372 e. The zero-order chi connectivity index (χ0) is 20.1. The Bertz CT molecular complexity index is 1030. The van der Waals surface area contributed by atoms with Crippen LogP contribution in [0.3, 0.4) is 0 Å². The maximum Gasteiger partial charge on any atom is 0.271 e. The Labute approximate surface area is 161 Å². The van der Waals surface area contributed by atoms with E-state index in [0.717, 1.165) is 0 Å². The molecular weight excluding hydrogens is 361 g/mol. The van der Waals surface area contributed by atoms with Crippen LogP contribution in [0.1, 0.15) is 38.3 Å². The Balaban J connectivity index is 1.91. The topological polar surface area (TPSA) is 84.3 Å². The molecule has 1 heterocycles. The summed E-state index contributed by atoms with van der Waals surface area (Å²) in [6.07, 6.45) is 0.944. The van der Waals surface area contributed by atoms with Crippen LogP contribution in [-0.2, 0) is 4.79 Å².